The van der Waals surface area contributed by atoms with Crippen LogP contribution in [-0.4, -0.2) is 9.38 Å². The summed E-state index contributed by atoms with van der Waals surface area (Å²) in [7, 11) is 0. The van der Waals surface area contributed by atoms with Crippen LogP contribution >= 0.6 is 0 Å². The standard InChI is InChI=1S/C8H5F3N2.C2H6/c9-8(10,11)6-2-1-3-7-12-4-5-13(6)7;1-2/h1-5H;1-2H3. The van der Waals surface area contributed by atoms with E-state index < -0.39 is 11.9 Å². The smallest absolute Gasteiger partial charge is 0.296 e. The molecule has 0 aliphatic carbocycles. The summed E-state index contributed by atoms with van der Waals surface area (Å²) in [6.07, 6.45) is -1.71. The van der Waals surface area contributed by atoms with Gasteiger partial charge in [-0.3, -0.25) is 4.40 Å². The van der Waals surface area contributed by atoms with Gasteiger partial charge in [0.05, 0.1) is 0 Å². The Morgan fingerprint density at radius 2 is 1.87 bits per heavy atom. The van der Waals surface area contributed by atoms with Gasteiger partial charge in [-0.05, 0) is 12.1 Å². The van der Waals surface area contributed by atoms with Crippen LogP contribution in [0.2, 0.25) is 0 Å². The second kappa shape index (κ2) is 4.33. The van der Waals surface area contributed by atoms with Crippen molar-refractivity contribution in [2.45, 2.75) is 20.0 Å². The van der Waals surface area contributed by atoms with Crippen LogP contribution in [0.3, 0.4) is 0 Å². The maximum absolute atomic E-state index is 12.3. The van der Waals surface area contributed by atoms with Gasteiger partial charge in [-0.25, -0.2) is 4.98 Å². The molecule has 0 saturated carbocycles. The zero-order valence-corrected chi connectivity index (χ0v) is 8.42. The van der Waals surface area contributed by atoms with Crippen LogP contribution < -0.4 is 0 Å². The number of alkyl halides is 3. The largest absolute Gasteiger partial charge is 0.431 e. The molecule has 0 unspecified atom stereocenters. The topological polar surface area (TPSA) is 17.3 Å². The fourth-order valence-electron chi connectivity index (χ4n) is 1.18. The van der Waals surface area contributed by atoms with Gasteiger partial charge in [-0.2, -0.15) is 13.2 Å². The molecule has 82 valence electrons. The highest BCUT2D eigenvalue weighted by Gasteiger charge is 2.32. The van der Waals surface area contributed by atoms with E-state index in [0.717, 1.165) is 10.5 Å². The van der Waals surface area contributed by atoms with E-state index >= 15 is 0 Å². The Hall–Kier alpha value is -1.52. The average molecular weight is 216 g/mol. The van der Waals surface area contributed by atoms with Crippen molar-refractivity contribution in [3.8, 4) is 0 Å². The second-order valence-electron chi connectivity index (χ2n) is 2.56. The van der Waals surface area contributed by atoms with Crippen molar-refractivity contribution >= 4 is 5.65 Å². The number of rotatable bonds is 0. The van der Waals surface area contributed by atoms with Gasteiger partial charge in [-0.15, -0.1) is 0 Å². The molecule has 0 atom stereocenters. The number of halogens is 3. The van der Waals surface area contributed by atoms with Crippen LogP contribution in [-0.2, 0) is 6.18 Å². The summed E-state index contributed by atoms with van der Waals surface area (Å²) >= 11 is 0. The highest BCUT2D eigenvalue weighted by Crippen LogP contribution is 2.29. The maximum atomic E-state index is 12.3. The predicted molar refractivity (Wildman–Crippen MR) is 51.5 cm³/mol. The Kier molecular flexibility index (Phi) is 3.34. The van der Waals surface area contributed by atoms with Crippen molar-refractivity contribution in [1.82, 2.24) is 9.38 Å². The van der Waals surface area contributed by atoms with Crippen molar-refractivity contribution in [3.05, 3.63) is 36.3 Å². The minimum atomic E-state index is -4.33. The third kappa shape index (κ3) is 2.29. The first-order valence-electron chi connectivity index (χ1n) is 4.58. The molecular weight excluding hydrogens is 205 g/mol. The van der Waals surface area contributed by atoms with E-state index in [1.807, 2.05) is 13.8 Å². The molecule has 0 aromatic carbocycles. The molecule has 0 N–H and O–H groups in total. The lowest BCUT2D eigenvalue weighted by Crippen LogP contribution is -2.10. The number of aromatic nitrogens is 2. The molecule has 0 amide bonds. The zero-order valence-electron chi connectivity index (χ0n) is 8.42. The molecule has 0 saturated heterocycles. The minimum absolute atomic E-state index is 0.301. The monoisotopic (exact) mass is 216 g/mol. The van der Waals surface area contributed by atoms with E-state index in [0.29, 0.717) is 5.65 Å². The van der Waals surface area contributed by atoms with E-state index in [9.17, 15) is 13.2 Å². The number of nitrogens with zero attached hydrogens (tertiary/aromatic N) is 2. The highest BCUT2D eigenvalue weighted by molar-refractivity contribution is 5.40. The first-order valence-corrected chi connectivity index (χ1v) is 4.58. The third-order valence-corrected chi connectivity index (χ3v) is 1.72. The van der Waals surface area contributed by atoms with Crippen LogP contribution in [0.4, 0.5) is 13.2 Å². The molecule has 15 heavy (non-hydrogen) atoms. The lowest BCUT2D eigenvalue weighted by molar-refractivity contribution is -0.142. The minimum Gasteiger partial charge on any atom is -0.296 e. The molecule has 2 heterocycles. The summed E-state index contributed by atoms with van der Waals surface area (Å²) in [6.45, 7) is 4.00. The third-order valence-electron chi connectivity index (χ3n) is 1.72. The molecule has 2 rings (SSSR count). The number of hydrogen-bond acceptors (Lipinski definition) is 1. The van der Waals surface area contributed by atoms with Gasteiger partial charge >= 0.3 is 6.18 Å². The van der Waals surface area contributed by atoms with Crippen molar-refractivity contribution < 1.29 is 13.2 Å². The molecule has 0 bridgehead atoms. The summed E-state index contributed by atoms with van der Waals surface area (Å²) in [6, 6.07) is 3.88. The van der Waals surface area contributed by atoms with Crippen LogP contribution in [0, 0.1) is 0 Å². The number of hydrogen-bond donors (Lipinski definition) is 0. The van der Waals surface area contributed by atoms with Crippen molar-refractivity contribution in [1.29, 1.82) is 0 Å². The van der Waals surface area contributed by atoms with E-state index in [1.165, 1.54) is 24.5 Å². The van der Waals surface area contributed by atoms with E-state index in [2.05, 4.69) is 4.98 Å². The lowest BCUT2D eigenvalue weighted by Gasteiger charge is -2.08. The molecule has 5 heteroatoms. The molecule has 0 aliphatic heterocycles. The molecule has 0 radical (unpaired) electrons. The summed E-state index contributed by atoms with van der Waals surface area (Å²) in [5, 5.41) is 0. The molecule has 2 aromatic heterocycles. The van der Waals surface area contributed by atoms with Gasteiger partial charge in [0, 0.05) is 12.4 Å². The molecular formula is C10H11F3N2. The van der Waals surface area contributed by atoms with Crippen LogP contribution in [0.1, 0.15) is 19.5 Å². The molecule has 2 aromatic rings. The van der Waals surface area contributed by atoms with Gasteiger partial charge in [0.1, 0.15) is 11.3 Å². The molecule has 0 fully saturated rings. The average Bonchev–Trinajstić information content (AvgIpc) is 2.66. The zero-order chi connectivity index (χ0) is 11.5. The quantitative estimate of drug-likeness (QED) is 0.659. The fraction of sp³-hybridized carbons (Fsp3) is 0.300. The van der Waals surface area contributed by atoms with E-state index in [1.54, 1.807) is 0 Å². The van der Waals surface area contributed by atoms with Crippen LogP contribution in [0.5, 0.6) is 0 Å². The Morgan fingerprint density at radius 1 is 1.20 bits per heavy atom. The Bertz CT molecular complexity index is 431. The molecule has 0 aliphatic rings. The van der Waals surface area contributed by atoms with E-state index in [4.69, 9.17) is 0 Å². The summed E-state index contributed by atoms with van der Waals surface area (Å²) in [4.78, 5) is 3.76. The summed E-state index contributed by atoms with van der Waals surface area (Å²) < 4.78 is 38.1. The van der Waals surface area contributed by atoms with Crippen molar-refractivity contribution in [3.63, 3.8) is 0 Å². The van der Waals surface area contributed by atoms with Crippen LogP contribution in [0.25, 0.3) is 5.65 Å². The fourth-order valence-corrected chi connectivity index (χ4v) is 1.18. The number of imidazole rings is 1. The van der Waals surface area contributed by atoms with Crippen molar-refractivity contribution in [2.24, 2.45) is 0 Å². The normalized spacial score (nSPS) is 11.0. The first-order chi connectivity index (χ1) is 7.09. The van der Waals surface area contributed by atoms with Gasteiger partial charge in [-0.1, -0.05) is 19.9 Å². The Labute approximate surface area is 85.4 Å². The first kappa shape index (κ1) is 11.6. The maximum Gasteiger partial charge on any atom is 0.431 e. The molecule has 0 spiro atoms. The summed E-state index contributed by atoms with van der Waals surface area (Å²) in [5.74, 6) is 0. The van der Waals surface area contributed by atoms with Gasteiger partial charge in [0.15, 0.2) is 0 Å². The van der Waals surface area contributed by atoms with Crippen LogP contribution in [0.15, 0.2) is 30.6 Å². The second-order valence-corrected chi connectivity index (χ2v) is 2.56. The SMILES string of the molecule is CC.FC(F)(F)c1cccc2nccn12. The highest BCUT2D eigenvalue weighted by atomic mass is 19.4. The number of pyridine rings is 1. The van der Waals surface area contributed by atoms with Gasteiger partial charge in [0.2, 0.25) is 0 Å². The lowest BCUT2D eigenvalue weighted by atomic mass is 10.3. The van der Waals surface area contributed by atoms with E-state index in [-0.39, 0.29) is 0 Å². The Balaban J connectivity index is 0.000000531. The van der Waals surface area contributed by atoms with Gasteiger partial charge < -0.3 is 0 Å². The number of fused-ring (bicyclic) bond motifs is 1. The Morgan fingerprint density at radius 3 is 2.47 bits per heavy atom. The van der Waals surface area contributed by atoms with Crippen molar-refractivity contribution in [2.75, 3.05) is 0 Å². The predicted octanol–water partition coefficient (Wildman–Crippen LogP) is 3.38. The molecule has 2 nitrogen and oxygen atoms in total. The van der Waals surface area contributed by atoms with Gasteiger partial charge in [0.25, 0.3) is 0 Å². The summed E-state index contributed by atoms with van der Waals surface area (Å²) in [5.41, 5.74) is -0.405.